The molecule has 0 fully saturated rings. The first kappa shape index (κ1) is 15.3. The van der Waals surface area contributed by atoms with Gasteiger partial charge in [-0.25, -0.2) is 13.6 Å². The molecule has 2 aromatic carbocycles. The Kier molecular flexibility index (Phi) is 4.75. The van der Waals surface area contributed by atoms with Crippen molar-refractivity contribution in [1.29, 1.82) is 0 Å². The SMILES string of the molecule is COC(=O)C(Nc1ccc(Cl)cc1)c1cc(F)ccc1F. The Bertz CT molecular complexity index is 647. The number of anilines is 1. The Morgan fingerprint density at radius 1 is 1.19 bits per heavy atom. The van der Waals surface area contributed by atoms with Crippen molar-refractivity contribution >= 4 is 23.3 Å². The number of carbonyl (C=O) groups is 1. The van der Waals surface area contributed by atoms with Crippen molar-refractivity contribution in [3.63, 3.8) is 0 Å². The lowest BCUT2D eigenvalue weighted by Gasteiger charge is -2.18. The number of nitrogens with one attached hydrogen (secondary N) is 1. The van der Waals surface area contributed by atoms with Crippen molar-refractivity contribution < 1.29 is 18.3 Å². The quantitative estimate of drug-likeness (QED) is 0.869. The molecule has 1 unspecified atom stereocenters. The summed E-state index contributed by atoms with van der Waals surface area (Å²) in [5.41, 5.74) is 0.398. The molecule has 0 aliphatic heterocycles. The molecule has 0 radical (unpaired) electrons. The van der Waals surface area contributed by atoms with Gasteiger partial charge in [-0.05, 0) is 42.5 Å². The Hall–Kier alpha value is -2.14. The maximum atomic E-state index is 13.8. The maximum Gasteiger partial charge on any atom is 0.333 e. The molecule has 1 atom stereocenters. The highest BCUT2D eigenvalue weighted by Crippen LogP contribution is 2.25. The fourth-order valence-corrected chi connectivity index (χ4v) is 1.96. The van der Waals surface area contributed by atoms with Gasteiger partial charge in [0.1, 0.15) is 11.6 Å². The minimum Gasteiger partial charge on any atom is -0.467 e. The number of ether oxygens (including phenoxy) is 1. The number of rotatable bonds is 4. The molecular weight excluding hydrogens is 300 g/mol. The molecular formula is C15H12ClF2NO2. The van der Waals surface area contributed by atoms with Gasteiger partial charge in [0.25, 0.3) is 0 Å². The summed E-state index contributed by atoms with van der Waals surface area (Å²) in [5, 5.41) is 3.32. The lowest BCUT2D eigenvalue weighted by atomic mass is 10.1. The smallest absolute Gasteiger partial charge is 0.333 e. The summed E-state index contributed by atoms with van der Waals surface area (Å²) in [6.07, 6.45) is 0. The first-order chi connectivity index (χ1) is 10.0. The fraction of sp³-hybridized carbons (Fsp3) is 0.133. The molecule has 6 heteroatoms. The first-order valence-electron chi connectivity index (χ1n) is 6.06. The van der Waals surface area contributed by atoms with Crippen molar-refractivity contribution in [2.45, 2.75) is 6.04 Å². The maximum absolute atomic E-state index is 13.8. The molecule has 21 heavy (non-hydrogen) atoms. The summed E-state index contributed by atoms with van der Waals surface area (Å²) in [6.45, 7) is 0. The van der Waals surface area contributed by atoms with E-state index in [0.717, 1.165) is 18.2 Å². The van der Waals surface area contributed by atoms with Gasteiger partial charge in [-0.2, -0.15) is 0 Å². The third-order valence-corrected chi connectivity index (χ3v) is 3.11. The monoisotopic (exact) mass is 311 g/mol. The van der Waals surface area contributed by atoms with Crippen LogP contribution in [0.1, 0.15) is 11.6 Å². The number of methoxy groups -OCH3 is 1. The third-order valence-electron chi connectivity index (χ3n) is 2.86. The van der Waals surface area contributed by atoms with Gasteiger partial charge in [0.15, 0.2) is 6.04 Å². The van der Waals surface area contributed by atoms with Crippen LogP contribution in [0.25, 0.3) is 0 Å². The van der Waals surface area contributed by atoms with Gasteiger partial charge < -0.3 is 10.1 Å². The predicted molar refractivity (Wildman–Crippen MR) is 76.2 cm³/mol. The molecule has 0 saturated carbocycles. The second-order valence-corrected chi connectivity index (χ2v) is 4.71. The molecule has 0 aliphatic rings. The Balaban J connectivity index is 2.36. The fourth-order valence-electron chi connectivity index (χ4n) is 1.83. The number of hydrogen-bond acceptors (Lipinski definition) is 3. The van der Waals surface area contributed by atoms with E-state index in [2.05, 4.69) is 10.1 Å². The molecule has 3 nitrogen and oxygen atoms in total. The van der Waals surface area contributed by atoms with Gasteiger partial charge in [0.2, 0.25) is 0 Å². The molecule has 2 aromatic rings. The van der Waals surface area contributed by atoms with Crippen LogP contribution in [0.4, 0.5) is 14.5 Å². The Morgan fingerprint density at radius 2 is 1.86 bits per heavy atom. The van der Waals surface area contributed by atoms with Gasteiger partial charge in [-0.1, -0.05) is 11.6 Å². The van der Waals surface area contributed by atoms with E-state index >= 15 is 0 Å². The zero-order valence-electron chi connectivity index (χ0n) is 11.1. The minimum absolute atomic E-state index is 0.128. The number of carbonyl (C=O) groups excluding carboxylic acids is 1. The summed E-state index contributed by atoms with van der Waals surface area (Å²) in [4.78, 5) is 11.8. The van der Waals surface area contributed by atoms with E-state index in [1.54, 1.807) is 24.3 Å². The summed E-state index contributed by atoms with van der Waals surface area (Å²) in [7, 11) is 1.18. The second-order valence-electron chi connectivity index (χ2n) is 4.27. The molecule has 0 spiro atoms. The molecule has 110 valence electrons. The molecule has 0 aliphatic carbocycles. The van der Waals surface area contributed by atoms with Gasteiger partial charge >= 0.3 is 5.97 Å². The Labute approximate surface area is 125 Å². The number of halogens is 3. The van der Waals surface area contributed by atoms with E-state index in [-0.39, 0.29) is 5.56 Å². The van der Waals surface area contributed by atoms with Crippen LogP contribution >= 0.6 is 11.6 Å². The standard InChI is InChI=1S/C15H12ClF2NO2/c1-21-15(20)14(12-8-10(17)4-7-13(12)18)19-11-5-2-9(16)3-6-11/h2-8,14,19H,1H3. The molecule has 2 rings (SSSR count). The summed E-state index contributed by atoms with van der Waals surface area (Å²) < 4.78 is 31.8. The van der Waals surface area contributed by atoms with E-state index in [9.17, 15) is 13.6 Å². The van der Waals surface area contributed by atoms with Gasteiger partial charge in [-0.15, -0.1) is 0 Å². The number of benzene rings is 2. The van der Waals surface area contributed by atoms with E-state index in [1.165, 1.54) is 7.11 Å². The molecule has 0 saturated heterocycles. The lowest BCUT2D eigenvalue weighted by Crippen LogP contribution is -2.23. The number of hydrogen-bond donors (Lipinski definition) is 1. The van der Waals surface area contributed by atoms with Crippen molar-refractivity contribution in [3.05, 3.63) is 64.7 Å². The minimum atomic E-state index is -1.16. The molecule has 0 heterocycles. The first-order valence-corrected chi connectivity index (χ1v) is 6.44. The van der Waals surface area contributed by atoms with Gasteiger partial charge in [0.05, 0.1) is 7.11 Å². The van der Waals surface area contributed by atoms with Gasteiger partial charge in [0, 0.05) is 16.3 Å². The molecule has 0 amide bonds. The van der Waals surface area contributed by atoms with Crippen LogP contribution in [0.5, 0.6) is 0 Å². The Morgan fingerprint density at radius 3 is 2.48 bits per heavy atom. The van der Waals surface area contributed by atoms with Gasteiger partial charge in [-0.3, -0.25) is 0 Å². The highest BCUT2D eigenvalue weighted by atomic mass is 35.5. The van der Waals surface area contributed by atoms with Crippen LogP contribution in [0.15, 0.2) is 42.5 Å². The van der Waals surface area contributed by atoms with Crippen LogP contribution in [-0.4, -0.2) is 13.1 Å². The average Bonchev–Trinajstić information content (AvgIpc) is 2.48. The van der Waals surface area contributed by atoms with E-state index in [4.69, 9.17) is 11.6 Å². The van der Waals surface area contributed by atoms with E-state index in [1.807, 2.05) is 0 Å². The highest BCUT2D eigenvalue weighted by Gasteiger charge is 2.25. The molecule has 0 bridgehead atoms. The van der Waals surface area contributed by atoms with Crippen molar-refractivity contribution in [1.82, 2.24) is 0 Å². The second kappa shape index (κ2) is 6.54. The summed E-state index contributed by atoms with van der Waals surface area (Å²) in [5.74, 6) is -2.07. The van der Waals surface area contributed by atoms with Crippen molar-refractivity contribution in [2.24, 2.45) is 0 Å². The largest absolute Gasteiger partial charge is 0.467 e. The lowest BCUT2D eigenvalue weighted by molar-refractivity contribution is -0.141. The predicted octanol–water partition coefficient (Wildman–Crippen LogP) is 3.94. The topological polar surface area (TPSA) is 38.3 Å². The van der Waals surface area contributed by atoms with E-state index in [0.29, 0.717) is 10.7 Å². The average molecular weight is 312 g/mol. The summed E-state index contributed by atoms with van der Waals surface area (Å²) >= 11 is 5.77. The van der Waals surface area contributed by atoms with Crippen LogP contribution in [-0.2, 0) is 9.53 Å². The third kappa shape index (κ3) is 3.70. The normalized spacial score (nSPS) is 11.8. The van der Waals surface area contributed by atoms with Crippen LogP contribution in [0.2, 0.25) is 5.02 Å². The van der Waals surface area contributed by atoms with Crippen molar-refractivity contribution in [2.75, 3.05) is 12.4 Å². The number of esters is 1. The van der Waals surface area contributed by atoms with Crippen LogP contribution < -0.4 is 5.32 Å². The molecule has 0 aromatic heterocycles. The highest BCUT2D eigenvalue weighted by molar-refractivity contribution is 6.30. The summed E-state index contributed by atoms with van der Waals surface area (Å²) in [6, 6.07) is 8.21. The van der Waals surface area contributed by atoms with Crippen LogP contribution in [0, 0.1) is 11.6 Å². The zero-order chi connectivity index (χ0) is 15.4. The van der Waals surface area contributed by atoms with Crippen molar-refractivity contribution in [3.8, 4) is 0 Å². The van der Waals surface area contributed by atoms with E-state index < -0.39 is 23.6 Å². The zero-order valence-corrected chi connectivity index (χ0v) is 11.8. The van der Waals surface area contributed by atoms with Crippen LogP contribution in [0.3, 0.4) is 0 Å². The molecule has 1 N–H and O–H groups in total.